The number of fused-ring (bicyclic) bond motifs is 1. The van der Waals surface area contributed by atoms with E-state index >= 15 is 0 Å². The molecule has 0 saturated carbocycles. The Morgan fingerprint density at radius 1 is 1.32 bits per heavy atom. The Hall–Kier alpha value is -1.95. The predicted octanol–water partition coefficient (Wildman–Crippen LogP) is 0.322. The molecule has 0 spiro atoms. The molecular weight excluding hydrogens is 242 g/mol. The maximum absolute atomic E-state index is 12.5. The van der Waals surface area contributed by atoms with Gasteiger partial charge in [0.25, 0.3) is 5.91 Å². The van der Waals surface area contributed by atoms with Crippen LogP contribution in [0.3, 0.4) is 0 Å². The number of carbonyl (C=O) groups excluding carboxylic acids is 1. The smallest absolute Gasteiger partial charge is 0.270 e. The molecule has 1 aliphatic heterocycles. The highest BCUT2D eigenvalue weighted by molar-refractivity contribution is 5.98. The molecule has 0 bridgehead atoms. The lowest BCUT2D eigenvalue weighted by Crippen LogP contribution is -2.46. The Morgan fingerprint density at radius 2 is 2.05 bits per heavy atom. The first-order valence-electron chi connectivity index (χ1n) is 6.45. The summed E-state index contributed by atoms with van der Waals surface area (Å²) in [6.07, 6.45) is 1.54. The van der Waals surface area contributed by atoms with E-state index < -0.39 is 0 Å². The molecule has 6 heteroatoms. The minimum atomic E-state index is 0.0707. The van der Waals surface area contributed by atoms with Gasteiger partial charge in [-0.05, 0) is 13.0 Å². The van der Waals surface area contributed by atoms with Crippen molar-refractivity contribution in [1.29, 1.82) is 0 Å². The average Bonchev–Trinajstić information content (AvgIpc) is 2.78. The van der Waals surface area contributed by atoms with Crippen molar-refractivity contribution in [1.82, 2.24) is 24.8 Å². The van der Waals surface area contributed by atoms with Gasteiger partial charge in [0.1, 0.15) is 17.7 Å². The van der Waals surface area contributed by atoms with Crippen molar-refractivity contribution >= 4 is 16.9 Å². The van der Waals surface area contributed by atoms with Crippen molar-refractivity contribution < 1.29 is 4.79 Å². The van der Waals surface area contributed by atoms with Crippen molar-refractivity contribution in [2.24, 2.45) is 7.05 Å². The Morgan fingerprint density at radius 3 is 2.74 bits per heavy atom. The van der Waals surface area contributed by atoms with Gasteiger partial charge < -0.3 is 14.8 Å². The van der Waals surface area contributed by atoms with Gasteiger partial charge in [-0.2, -0.15) is 0 Å². The molecule has 1 saturated heterocycles. The molecule has 6 nitrogen and oxygen atoms in total. The number of amides is 1. The summed E-state index contributed by atoms with van der Waals surface area (Å²) in [7, 11) is 1.88. The monoisotopic (exact) mass is 259 g/mol. The van der Waals surface area contributed by atoms with Crippen LogP contribution in [0.15, 0.2) is 12.4 Å². The van der Waals surface area contributed by atoms with Crippen molar-refractivity contribution in [3.63, 3.8) is 0 Å². The number of carbonyl (C=O) groups is 1. The molecule has 2 aromatic rings. The standard InChI is InChI=1S/C13H17N5O/c1-9-10-7-11(17(2)12(10)16-8-15-9)13(19)18-5-3-14-4-6-18/h7-8,14H,3-6H2,1-2H3. The van der Waals surface area contributed by atoms with Gasteiger partial charge in [0, 0.05) is 38.6 Å². The molecule has 0 radical (unpaired) electrons. The van der Waals surface area contributed by atoms with Crippen LogP contribution in [0.25, 0.3) is 11.0 Å². The van der Waals surface area contributed by atoms with Crippen LogP contribution in [0.4, 0.5) is 0 Å². The van der Waals surface area contributed by atoms with Crippen LogP contribution < -0.4 is 5.32 Å². The SMILES string of the molecule is Cc1ncnc2c1cc(C(=O)N1CCNCC1)n2C. The molecular formula is C13H17N5O. The molecule has 19 heavy (non-hydrogen) atoms. The molecule has 3 heterocycles. The van der Waals surface area contributed by atoms with Gasteiger partial charge in [-0.25, -0.2) is 9.97 Å². The van der Waals surface area contributed by atoms with E-state index in [0.717, 1.165) is 42.9 Å². The van der Waals surface area contributed by atoms with E-state index in [4.69, 9.17) is 0 Å². The van der Waals surface area contributed by atoms with Crippen molar-refractivity contribution in [2.75, 3.05) is 26.2 Å². The Balaban J connectivity index is 2.02. The number of nitrogens with zero attached hydrogens (tertiary/aromatic N) is 4. The van der Waals surface area contributed by atoms with Crippen molar-refractivity contribution in [3.05, 3.63) is 23.8 Å². The van der Waals surface area contributed by atoms with Crippen LogP contribution in [-0.2, 0) is 7.05 Å². The van der Waals surface area contributed by atoms with E-state index in [1.165, 1.54) is 6.33 Å². The fourth-order valence-electron chi connectivity index (χ4n) is 2.49. The lowest BCUT2D eigenvalue weighted by atomic mass is 10.2. The van der Waals surface area contributed by atoms with Gasteiger partial charge in [-0.3, -0.25) is 4.79 Å². The number of aryl methyl sites for hydroxylation is 2. The molecule has 3 rings (SSSR count). The highest BCUT2D eigenvalue weighted by atomic mass is 16.2. The Bertz CT molecular complexity index is 627. The molecule has 1 amide bonds. The molecule has 2 aromatic heterocycles. The second-order valence-corrected chi connectivity index (χ2v) is 4.83. The van der Waals surface area contributed by atoms with E-state index in [1.807, 2.05) is 29.5 Å². The Kier molecular flexibility index (Phi) is 2.94. The van der Waals surface area contributed by atoms with Gasteiger partial charge in [-0.1, -0.05) is 0 Å². The average molecular weight is 259 g/mol. The molecule has 0 aliphatic carbocycles. The van der Waals surface area contributed by atoms with Crippen LogP contribution in [0.5, 0.6) is 0 Å². The molecule has 0 aromatic carbocycles. The summed E-state index contributed by atoms with van der Waals surface area (Å²) >= 11 is 0. The van der Waals surface area contributed by atoms with Gasteiger partial charge >= 0.3 is 0 Å². The van der Waals surface area contributed by atoms with Crippen molar-refractivity contribution in [3.8, 4) is 0 Å². The molecule has 1 aliphatic rings. The molecule has 0 unspecified atom stereocenters. The van der Waals surface area contributed by atoms with Crippen LogP contribution in [0, 0.1) is 6.92 Å². The fraction of sp³-hybridized carbons (Fsp3) is 0.462. The lowest BCUT2D eigenvalue weighted by molar-refractivity contribution is 0.0726. The molecule has 100 valence electrons. The lowest BCUT2D eigenvalue weighted by Gasteiger charge is -2.27. The summed E-state index contributed by atoms with van der Waals surface area (Å²) in [5.74, 6) is 0.0707. The minimum absolute atomic E-state index is 0.0707. The normalized spacial score (nSPS) is 16.0. The zero-order valence-corrected chi connectivity index (χ0v) is 11.2. The third kappa shape index (κ3) is 1.98. The third-order valence-electron chi connectivity index (χ3n) is 3.65. The van der Waals surface area contributed by atoms with Crippen LogP contribution in [-0.4, -0.2) is 51.5 Å². The highest BCUT2D eigenvalue weighted by Gasteiger charge is 2.22. The number of nitrogens with one attached hydrogen (secondary N) is 1. The summed E-state index contributed by atoms with van der Waals surface area (Å²) in [4.78, 5) is 22.8. The summed E-state index contributed by atoms with van der Waals surface area (Å²) in [6.45, 7) is 5.15. The van der Waals surface area contributed by atoms with Crippen LogP contribution in [0.1, 0.15) is 16.2 Å². The summed E-state index contributed by atoms with van der Waals surface area (Å²) in [5.41, 5.74) is 2.39. The zero-order chi connectivity index (χ0) is 13.4. The molecule has 1 fully saturated rings. The molecule has 0 atom stereocenters. The number of rotatable bonds is 1. The predicted molar refractivity (Wildman–Crippen MR) is 72.0 cm³/mol. The van der Waals surface area contributed by atoms with E-state index in [-0.39, 0.29) is 5.91 Å². The van der Waals surface area contributed by atoms with Gasteiger partial charge in [-0.15, -0.1) is 0 Å². The van der Waals surface area contributed by atoms with Gasteiger partial charge in [0.05, 0.1) is 5.69 Å². The van der Waals surface area contributed by atoms with Gasteiger partial charge in [0.15, 0.2) is 0 Å². The topological polar surface area (TPSA) is 63.1 Å². The quantitative estimate of drug-likeness (QED) is 0.801. The second-order valence-electron chi connectivity index (χ2n) is 4.83. The molecule has 1 N–H and O–H groups in total. The first kappa shape index (κ1) is 12.1. The van der Waals surface area contributed by atoms with E-state index in [1.54, 1.807) is 0 Å². The van der Waals surface area contributed by atoms with E-state index in [9.17, 15) is 4.79 Å². The zero-order valence-electron chi connectivity index (χ0n) is 11.2. The van der Waals surface area contributed by atoms with Gasteiger partial charge in [0.2, 0.25) is 0 Å². The number of hydrogen-bond donors (Lipinski definition) is 1. The fourth-order valence-corrected chi connectivity index (χ4v) is 2.49. The first-order valence-corrected chi connectivity index (χ1v) is 6.45. The van der Waals surface area contributed by atoms with Crippen molar-refractivity contribution in [2.45, 2.75) is 6.92 Å². The van der Waals surface area contributed by atoms with E-state index in [0.29, 0.717) is 5.69 Å². The highest BCUT2D eigenvalue weighted by Crippen LogP contribution is 2.19. The van der Waals surface area contributed by atoms with Crippen LogP contribution >= 0.6 is 0 Å². The van der Waals surface area contributed by atoms with Crippen LogP contribution in [0.2, 0.25) is 0 Å². The second kappa shape index (κ2) is 4.62. The first-order chi connectivity index (χ1) is 9.18. The number of hydrogen-bond acceptors (Lipinski definition) is 4. The summed E-state index contributed by atoms with van der Waals surface area (Å²) in [6, 6.07) is 1.90. The largest absolute Gasteiger partial charge is 0.335 e. The number of piperazine rings is 1. The van der Waals surface area contributed by atoms with E-state index in [2.05, 4.69) is 15.3 Å². The third-order valence-corrected chi connectivity index (χ3v) is 3.65. The number of aromatic nitrogens is 3. The summed E-state index contributed by atoms with van der Waals surface area (Å²) in [5, 5.41) is 4.20. The summed E-state index contributed by atoms with van der Waals surface area (Å²) < 4.78 is 1.86. The Labute approximate surface area is 111 Å². The maximum Gasteiger partial charge on any atom is 0.270 e. The maximum atomic E-state index is 12.5. The minimum Gasteiger partial charge on any atom is -0.335 e.